The number of hydrogen-bond acceptors (Lipinski definition) is 3. The smallest absolute Gasteiger partial charge is 0.185 e. The molecular weight excluding hydrogens is 246 g/mol. The van der Waals surface area contributed by atoms with Crippen molar-refractivity contribution < 1.29 is 8.42 Å². The van der Waals surface area contributed by atoms with Crippen LogP contribution in [0.4, 0.5) is 5.69 Å². The minimum Gasteiger partial charge on any atom is -0.399 e. The SMILES string of the molecule is CC(c1ccc(N)cc1)S(=O)(=O)c1ccccc1. The van der Waals surface area contributed by atoms with Crippen molar-refractivity contribution in [3.8, 4) is 0 Å². The number of rotatable bonds is 3. The molecule has 0 spiro atoms. The molecule has 2 aromatic carbocycles. The number of sulfone groups is 1. The van der Waals surface area contributed by atoms with Crippen molar-refractivity contribution in [3.05, 3.63) is 60.2 Å². The Hall–Kier alpha value is -1.81. The van der Waals surface area contributed by atoms with Gasteiger partial charge in [0.15, 0.2) is 9.84 Å². The lowest BCUT2D eigenvalue weighted by atomic mass is 10.1. The van der Waals surface area contributed by atoms with Gasteiger partial charge in [-0.3, -0.25) is 0 Å². The molecule has 18 heavy (non-hydrogen) atoms. The fourth-order valence-corrected chi connectivity index (χ4v) is 3.22. The summed E-state index contributed by atoms with van der Waals surface area (Å²) in [5.74, 6) is 0. The highest BCUT2D eigenvalue weighted by Crippen LogP contribution is 2.28. The largest absolute Gasteiger partial charge is 0.399 e. The van der Waals surface area contributed by atoms with Gasteiger partial charge in [-0.2, -0.15) is 0 Å². The van der Waals surface area contributed by atoms with Crippen LogP contribution in [0.15, 0.2) is 59.5 Å². The van der Waals surface area contributed by atoms with Crippen molar-refractivity contribution in [2.75, 3.05) is 5.73 Å². The summed E-state index contributed by atoms with van der Waals surface area (Å²) in [6.45, 7) is 1.69. The van der Waals surface area contributed by atoms with E-state index in [9.17, 15) is 8.42 Å². The first-order valence-electron chi connectivity index (χ1n) is 5.66. The highest BCUT2D eigenvalue weighted by atomic mass is 32.2. The van der Waals surface area contributed by atoms with Crippen LogP contribution >= 0.6 is 0 Å². The van der Waals surface area contributed by atoms with Crippen molar-refractivity contribution in [2.45, 2.75) is 17.1 Å². The summed E-state index contributed by atoms with van der Waals surface area (Å²) in [7, 11) is -3.35. The molecule has 94 valence electrons. The van der Waals surface area contributed by atoms with E-state index in [2.05, 4.69) is 0 Å². The average Bonchev–Trinajstić information content (AvgIpc) is 2.40. The van der Waals surface area contributed by atoms with Crippen LogP contribution in [0.2, 0.25) is 0 Å². The zero-order chi connectivity index (χ0) is 13.2. The van der Waals surface area contributed by atoms with Crippen molar-refractivity contribution in [1.29, 1.82) is 0 Å². The summed E-state index contributed by atoms with van der Waals surface area (Å²) in [5, 5.41) is -0.583. The molecule has 0 aliphatic heterocycles. The Labute approximate surface area is 107 Å². The monoisotopic (exact) mass is 261 g/mol. The molecular formula is C14H15NO2S. The van der Waals surface area contributed by atoms with Gasteiger partial charge in [0.25, 0.3) is 0 Å². The van der Waals surface area contributed by atoms with E-state index in [0.717, 1.165) is 5.56 Å². The average molecular weight is 261 g/mol. The van der Waals surface area contributed by atoms with Crippen molar-refractivity contribution >= 4 is 15.5 Å². The Morgan fingerprint density at radius 2 is 1.50 bits per heavy atom. The Balaban J connectivity index is 2.39. The molecule has 3 nitrogen and oxygen atoms in total. The maximum absolute atomic E-state index is 12.4. The zero-order valence-electron chi connectivity index (χ0n) is 10.1. The molecule has 0 radical (unpaired) electrons. The van der Waals surface area contributed by atoms with Crippen molar-refractivity contribution in [1.82, 2.24) is 0 Å². The van der Waals surface area contributed by atoms with Crippen LogP contribution in [0, 0.1) is 0 Å². The van der Waals surface area contributed by atoms with E-state index in [4.69, 9.17) is 5.73 Å². The zero-order valence-corrected chi connectivity index (χ0v) is 10.9. The Bertz CT molecular complexity index is 619. The van der Waals surface area contributed by atoms with E-state index >= 15 is 0 Å². The van der Waals surface area contributed by atoms with Crippen LogP contribution < -0.4 is 5.73 Å². The molecule has 0 saturated carbocycles. The molecule has 1 atom stereocenters. The summed E-state index contributed by atoms with van der Waals surface area (Å²) < 4.78 is 24.8. The number of nitrogens with two attached hydrogens (primary N) is 1. The molecule has 0 aromatic heterocycles. The summed E-state index contributed by atoms with van der Waals surface area (Å²) in [6, 6.07) is 15.4. The highest BCUT2D eigenvalue weighted by molar-refractivity contribution is 7.91. The van der Waals surface area contributed by atoms with Crippen LogP contribution in [0.1, 0.15) is 17.7 Å². The van der Waals surface area contributed by atoms with Gasteiger partial charge in [-0.05, 0) is 36.8 Å². The Morgan fingerprint density at radius 3 is 2.06 bits per heavy atom. The number of hydrogen-bond donors (Lipinski definition) is 1. The molecule has 2 aromatic rings. The second kappa shape index (κ2) is 4.82. The number of anilines is 1. The van der Waals surface area contributed by atoms with Gasteiger partial charge in [0.05, 0.1) is 10.1 Å². The molecule has 1 unspecified atom stereocenters. The maximum atomic E-state index is 12.4. The van der Waals surface area contributed by atoms with Gasteiger partial charge < -0.3 is 5.73 Å². The van der Waals surface area contributed by atoms with Crippen LogP contribution in [0.25, 0.3) is 0 Å². The normalized spacial score (nSPS) is 13.2. The molecule has 0 fully saturated rings. The molecule has 0 aliphatic rings. The van der Waals surface area contributed by atoms with Crippen molar-refractivity contribution in [2.24, 2.45) is 0 Å². The molecule has 0 bridgehead atoms. The third-order valence-electron chi connectivity index (χ3n) is 2.94. The third-order valence-corrected chi connectivity index (χ3v) is 5.08. The minimum absolute atomic E-state index is 0.342. The number of nitrogen functional groups attached to an aromatic ring is 1. The van der Waals surface area contributed by atoms with E-state index in [0.29, 0.717) is 10.6 Å². The van der Waals surface area contributed by atoms with Gasteiger partial charge in [-0.1, -0.05) is 30.3 Å². The van der Waals surface area contributed by atoms with Gasteiger partial charge in [0.1, 0.15) is 0 Å². The van der Waals surface area contributed by atoms with Gasteiger partial charge in [-0.15, -0.1) is 0 Å². The van der Waals surface area contributed by atoms with Gasteiger partial charge in [-0.25, -0.2) is 8.42 Å². The molecule has 2 rings (SSSR count). The first kappa shape index (κ1) is 12.6. The standard InChI is InChI=1S/C14H15NO2S/c1-11(12-7-9-13(15)10-8-12)18(16,17)14-5-3-2-4-6-14/h2-11H,15H2,1H3. The van der Waals surface area contributed by atoms with E-state index in [1.165, 1.54) is 0 Å². The lowest BCUT2D eigenvalue weighted by Crippen LogP contribution is -2.10. The fraction of sp³-hybridized carbons (Fsp3) is 0.143. The van der Waals surface area contributed by atoms with Crippen LogP contribution in [0.3, 0.4) is 0 Å². The second-order valence-electron chi connectivity index (χ2n) is 4.17. The molecule has 0 saturated heterocycles. The molecule has 2 N–H and O–H groups in total. The van der Waals surface area contributed by atoms with Gasteiger partial charge >= 0.3 is 0 Å². The molecule has 0 aliphatic carbocycles. The molecule has 4 heteroatoms. The third kappa shape index (κ3) is 2.38. The lowest BCUT2D eigenvalue weighted by Gasteiger charge is -2.13. The van der Waals surface area contributed by atoms with E-state index in [-0.39, 0.29) is 0 Å². The quantitative estimate of drug-likeness (QED) is 0.864. The molecule has 0 amide bonds. The van der Waals surface area contributed by atoms with Gasteiger partial charge in [0, 0.05) is 5.69 Å². The highest BCUT2D eigenvalue weighted by Gasteiger charge is 2.24. The topological polar surface area (TPSA) is 60.2 Å². The second-order valence-corrected chi connectivity index (χ2v) is 6.44. The summed E-state index contributed by atoms with van der Waals surface area (Å²) in [5.41, 5.74) is 6.97. The predicted molar refractivity (Wildman–Crippen MR) is 72.9 cm³/mol. The van der Waals surface area contributed by atoms with Gasteiger partial charge in [0.2, 0.25) is 0 Å². The summed E-state index contributed by atoms with van der Waals surface area (Å²) >= 11 is 0. The predicted octanol–water partition coefficient (Wildman–Crippen LogP) is 2.80. The fourth-order valence-electron chi connectivity index (χ4n) is 1.76. The van der Waals surface area contributed by atoms with E-state index in [1.807, 2.05) is 0 Å². The first-order chi connectivity index (χ1) is 8.51. The molecule has 0 heterocycles. The Kier molecular flexibility index (Phi) is 3.39. The van der Waals surface area contributed by atoms with Crippen molar-refractivity contribution in [3.63, 3.8) is 0 Å². The maximum Gasteiger partial charge on any atom is 0.185 e. The van der Waals surface area contributed by atoms with Crippen LogP contribution in [-0.2, 0) is 9.84 Å². The van der Waals surface area contributed by atoms with Crippen LogP contribution in [0.5, 0.6) is 0 Å². The lowest BCUT2D eigenvalue weighted by molar-refractivity contribution is 0.586. The van der Waals surface area contributed by atoms with E-state index in [1.54, 1.807) is 61.5 Å². The summed E-state index contributed by atoms with van der Waals surface area (Å²) in [6.07, 6.45) is 0. The van der Waals surface area contributed by atoms with Crippen LogP contribution in [-0.4, -0.2) is 8.42 Å². The minimum atomic E-state index is -3.35. The Morgan fingerprint density at radius 1 is 0.944 bits per heavy atom. The van der Waals surface area contributed by atoms with E-state index < -0.39 is 15.1 Å². The first-order valence-corrected chi connectivity index (χ1v) is 7.21. The summed E-state index contributed by atoms with van der Waals surface area (Å²) in [4.78, 5) is 0.342. The number of benzene rings is 2.